The zero-order valence-corrected chi connectivity index (χ0v) is 12.5. The molecule has 3 rings (SSSR count). The van der Waals surface area contributed by atoms with Gasteiger partial charge in [-0.3, -0.25) is 14.4 Å². The van der Waals surface area contributed by atoms with Crippen molar-refractivity contribution in [2.75, 3.05) is 18.4 Å². The fraction of sp³-hybridized carbons (Fsp3) is 0.235. The number of hydrogen-bond acceptors (Lipinski definition) is 3. The van der Waals surface area contributed by atoms with Gasteiger partial charge in [0.1, 0.15) is 0 Å². The predicted octanol–water partition coefficient (Wildman–Crippen LogP) is 1.86. The molecule has 1 aliphatic rings. The summed E-state index contributed by atoms with van der Waals surface area (Å²) in [5.74, 6) is -0.291. The molecule has 1 aliphatic heterocycles. The molecule has 118 valence electrons. The van der Waals surface area contributed by atoms with Gasteiger partial charge < -0.3 is 15.2 Å². The molecule has 23 heavy (non-hydrogen) atoms. The Morgan fingerprint density at radius 2 is 1.61 bits per heavy atom. The number of pyridine rings is 1. The second-order valence-electron chi connectivity index (χ2n) is 5.47. The first kappa shape index (κ1) is 15.0. The first-order chi connectivity index (χ1) is 11.1. The molecular formula is C17H17N3O3. The minimum atomic E-state index is -0.320. The number of hydrogen-bond donors (Lipinski definition) is 2. The minimum Gasteiger partial charge on any atom is -0.339 e. The van der Waals surface area contributed by atoms with E-state index in [2.05, 4.69) is 10.3 Å². The zero-order chi connectivity index (χ0) is 16.2. The third-order valence-corrected chi connectivity index (χ3v) is 3.83. The summed E-state index contributed by atoms with van der Waals surface area (Å²) in [6.07, 6.45) is 3.47. The van der Waals surface area contributed by atoms with Gasteiger partial charge in [-0.15, -0.1) is 0 Å². The molecule has 0 atom stereocenters. The van der Waals surface area contributed by atoms with E-state index in [0.717, 1.165) is 25.9 Å². The van der Waals surface area contributed by atoms with Crippen molar-refractivity contribution in [3.63, 3.8) is 0 Å². The molecule has 6 nitrogen and oxygen atoms in total. The van der Waals surface area contributed by atoms with Crippen molar-refractivity contribution in [1.82, 2.24) is 9.88 Å². The van der Waals surface area contributed by atoms with Crippen LogP contribution in [0.15, 0.2) is 47.4 Å². The van der Waals surface area contributed by atoms with Gasteiger partial charge in [0.05, 0.1) is 5.56 Å². The van der Waals surface area contributed by atoms with Gasteiger partial charge in [0.2, 0.25) is 5.56 Å². The molecule has 2 heterocycles. The number of rotatable bonds is 3. The second kappa shape index (κ2) is 6.48. The average Bonchev–Trinajstić information content (AvgIpc) is 3.10. The number of nitrogens with one attached hydrogen (secondary N) is 2. The molecule has 2 aromatic rings. The number of likely N-dealkylation sites (tertiary alicyclic amines) is 1. The molecule has 0 radical (unpaired) electrons. The number of carbonyl (C=O) groups is 2. The van der Waals surface area contributed by atoms with Crippen LogP contribution < -0.4 is 10.9 Å². The maximum Gasteiger partial charge on any atom is 0.257 e. The molecule has 0 unspecified atom stereocenters. The molecule has 0 saturated carbocycles. The lowest BCUT2D eigenvalue weighted by molar-refractivity contribution is 0.0792. The topological polar surface area (TPSA) is 82.3 Å². The normalized spacial score (nSPS) is 13.8. The Kier molecular flexibility index (Phi) is 4.23. The van der Waals surface area contributed by atoms with Crippen LogP contribution in [0.2, 0.25) is 0 Å². The highest BCUT2D eigenvalue weighted by atomic mass is 16.2. The summed E-state index contributed by atoms with van der Waals surface area (Å²) < 4.78 is 0. The van der Waals surface area contributed by atoms with Gasteiger partial charge in [0.25, 0.3) is 11.8 Å². The van der Waals surface area contributed by atoms with Crippen molar-refractivity contribution in [3.8, 4) is 0 Å². The number of anilines is 1. The lowest BCUT2D eigenvalue weighted by Crippen LogP contribution is -2.27. The first-order valence-corrected chi connectivity index (χ1v) is 7.53. The van der Waals surface area contributed by atoms with Gasteiger partial charge in [0.15, 0.2) is 0 Å². The monoisotopic (exact) mass is 311 g/mol. The molecule has 1 aromatic carbocycles. The molecule has 1 aromatic heterocycles. The molecule has 0 bridgehead atoms. The number of carbonyl (C=O) groups excluding carboxylic acids is 2. The van der Waals surface area contributed by atoms with E-state index in [1.165, 1.54) is 18.3 Å². The quantitative estimate of drug-likeness (QED) is 0.907. The highest BCUT2D eigenvalue weighted by Crippen LogP contribution is 2.16. The van der Waals surface area contributed by atoms with Gasteiger partial charge in [0, 0.05) is 36.6 Å². The van der Waals surface area contributed by atoms with Gasteiger partial charge in [-0.25, -0.2) is 0 Å². The lowest BCUT2D eigenvalue weighted by Gasteiger charge is -2.15. The summed E-state index contributed by atoms with van der Waals surface area (Å²) in [5, 5.41) is 2.73. The third-order valence-electron chi connectivity index (χ3n) is 3.83. The lowest BCUT2D eigenvalue weighted by atomic mass is 10.1. The highest BCUT2D eigenvalue weighted by Gasteiger charge is 2.19. The van der Waals surface area contributed by atoms with E-state index >= 15 is 0 Å². The molecule has 0 aliphatic carbocycles. The molecule has 1 saturated heterocycles. The maximum absolute atomic E-state index is 12.2. The molecular weight excluding hydrogens is 294 g/mol. The highest BCUT2D eigenvalue weighted by molar-refractivity contribution is 6.04. The standard InChI is InChI=1S/C17H17N3O3/c21-15-8-5-13(11-18-15)16(22)19-14-6-3-12(4-7-14)17(23)20-9-1-2-10-20/h3-8,11H,1-2,9-10H2,(H,18,21)(H,19,22). The number of amides is 2. The van der Waals surface area contributed by atoms with Crippen LogP contribution in [0.1, 0.15) is 33.6 Å². The van der Waals surface area contributed by atoms with E-state index in [0.29, 0.717) is 16.8 Å². The van der Waals surface area contributed by atoms with Crippen LogP contribution in [-0.4, -0.2) is 34.8 Å². The van der Waals surface area contributed by atoms with E-state index in [9.17, 15) is 14.4 Å². The molecule has 2 N–H and O–H groups in total. The van der Waals surface area contributed by atoms with Crippen molar-refractivity contribution in [3.05, 3.63) is 64.1 Å². The first-order valence-electron chi connectivity index (χ1n) is 7.53. The average molecular weight is 311 g/mol. The largest absolute Gasteiger partial charge is 0.339 e. The van der Waals surface area contributed by atoms with Gasteiger partial charge in [-0.05, 0) is 43.2 Å². The van der Waals surface area contributed by atoms with Crippen LogP contribution in [0.4, 0.5) is 5.69 Å². The minimum absolute atomic E-state index is 0.0287. The fourth-order valence-corrected chi connectivity index (χ4v) is 2.55. The number of benzene rings is 1. The maximum atomic E-state index is 12.2. The number of nitrogens with zero attached hydrogens (tertiary/aromatic N) is 1. The number of aromatic nitrogens is 1. The van der Waals surface area contributed by atoms with E-state index in [1.807, 2.05) is 4.90 Å². The Balaban J connectivity index is 1.67. The summed E-state index contributed by atoms with van der Waals surface area (Å²) in [6.45, 7) is 1.62. The van der Waals surface area contributed by atoms with Crippen molar-refractivity contribution < 1.29 is 9.59 Å². The Labute approximate surface area is 133 Å². The molecule has 6 heteroatoms. The summed E-state index contributed by atoms with van der Waals surface area (Å²) in [5.41, 5.74) is 1.32. The van der Waals surface area contributed by atoms with Crippen LogP contribution in [0.5, 0.6) is 0 Å². The Hall–Kier alpha value is -2.89. The third kappa shape index (κ3) is 3.48. The molecule has 0 spiro atoms. The fourth-order valence-electron chi connectivity index (χ4n) is 2.55. The summed E-state index contributed by atoms with van der Waals surface area (Å²) in [4.78, 5) is 39.6. The Morgan fingerprint density at radius 3 is 2.22 bits per heavy atom. The van der Waals surface area contributed by atoms with Crippen LogP contribution in [0, 0.1) is 0 Å². The van der Waals surface area contributed by atoms with Crippen LogP contribution in [-0.2, 0) is 0 Å². The van der Waals surface area contributed by atoms with Crippen molar-refractivity contribution in [2.24, 2.45) is 0 Å². The van der Waals surface area contributed by atoms with Crippen LogP contribution >= 0.6 is 0 Å². The Morgan fingerprint density at radius 1 is 0.957 bits per heavy atom. The summed E-state index contributed by atoms with van der Waals surface area (Å²) in [6, 6.07) is 9.58. The summed E-state index contributed by atoms with van der Waals surface area (Å²) >= 11 is 0. The second-order valence-corrected chi connectivity index (χ2v) is 5.47. The van der Waals surface area contributed by atoms with E-state index in [4.69, 9.17) is 0 Å². The van der Waals surface area contributed by atoms with Gasteiger partial charge in [-0.1, -0.05) is 0 Å². The molecule has 2 amide bonds. The van der Waals surface area contributed by atoms with Crippen molar-refractivity contribution in [1.29, 1.82) is 0 Å². The van der Waals surface area contributed by atoms with E-state index in [1.54, 1.807) is 24.3 Å². The SMILES string of the molecule is O=C(Nc1ccc(C(=O)N2CCCC2)cc1)c1ccc(=O)[nH]c1. The van der Waals surface area contributed by atoms with Crippen LogP contribution in [0.3, 0.4) is 0 Å². The van der Waals surface area contributed by atoms with E-state index < -0.39 is 0 Å². The van der Waals surface area contributed by atoms with Gasteiger partial charge >= 0.3 is 0 Å². The van der Waals surface area contributed by atoms with Crippen LogP contribution in [0.25, 0.3) is 0 Å². The summed E-state index contributed by atoms with van der Waals surface area (Å²) in [7, 11) is 0. The van der Waals surface area contributed by atoms with Crippen molar-refractivity contribution >= 4 is 17.5 Å². The number of aromatic amines is 1. The number of H-pyrrole nitrogens is 1. The van der Waals surface area contributed by atoms with E-state index in [-0.39, 0.29) is 17.4 Å². The van der Waals surface area contributed by atoms with Gasteiger partial charge in [-0.2, -0.15) is 0 Å². The van der Waals surface area contributed by atoms with Crippen molar-refractivity contribution in [2.45, 2.75) is 12.8 Å². The predicted molar refractivity (Wildman–Crippen MR) is 86.6 cm³/mol. The molecule has 1 fully saturated rings. The Bertz CT molecular complexity index is 754. The smallest absolute Gasteiger partial charge is 0.257 e. The zero-order valence-electron chi connectivity index (χ0n) is 12.5.